The summed E-state index contributed by atoms with van der Waals surface area (Å²) in [6, 6.07) is 0. The van der Waals surface area contributed by atoms with Crippen molar-refractivity contribution in [3.8, 4) is 0 Å². The molecule has 3 saturated heterocycles. The van der Waals surface area contributed by atoms with Gasteiger partial charge in [-0.3, -0.25) is 0 Å². The molecule has 0 aromatic rings. The molecule has 3 aliphatic rings. The summed E-state index contributed by atoms with van der Waals surface area (Å²) in [4.78, 5) is 0. The van der Waals surface area contributed by atoms with Gasteiger partial charge in [0.05, 0.1) is 19.3 Å². The summed E-state index contributed by atoms with van der Waals surface area (Å²) in [5, 5.41) is 0. The molecule has 10 heavy (non-hydrogen) atoms. The van der Waals surface area contributed by atoms with Gasteiger partial charge in [0.25, 0.3) is 0 Å². The zero-order chi connectivity index (χ0) is 7.19. The third kappa shape index (κ3) is 0.892. The van der Waals surface area contributed by atoms with Gasteiger partial charge in [-0.25, -0.2) is 0 Å². The van der Waals surface area contributed by atoms with Gasteiger partial charge in [-0.1, -0.05) is 6.92 Å². The first-order valence-corrected chi connectivity index (χ1v) is 4.53. The molecule has 3 nitrogen and oxygen atoms in total. The molecule has 3 rings (SSSR count). The molecule has 1 unspecified atom stereocenters. The molecule has 1 atom stereocenters. The van der Waals surface area contributed by atoms with E-state index in [2.05, 4.69) is 13.8 Å². The van der Waals surface area contributed by atoms with E-state index in [-0.39, 0.29) is 5.41 Å². The van der Waals surface area contributed by atoms with Crippen LogP contribution in [0.3, 0.4) is 0 Å². The largest absolute Gasteiger partial charge is 0.332 e. The Kier molecular flexibility index (Phi) is 1.50. The monoisotopic (exact) mass is 162 g/mol. The van der Waals surface area contributed by atoms with Gasteiger partial charge < -0.3 is 13.6 Å². The smallest absolute Gasteiger partial charge is 0.311 e. The Balaban J connectivity index is 2.17. The second-order valence-electron chi connectivity index (χ2n) is 3.17. The lowest BCUT2D eigenvalue weighted by atomic mass is 9.87. The highest BCUT2D eigenvalue weighted by atomic mass is 31.2. The van der Waals surface area contributed by atoms with Crippen molar-refractivity contribution in [2.24, 2.45) is 5.41 Å². The van der Waals surface area contributed by atoms with Crippen LogP contribution in [0.25, 0.3) is 0 Å². The van der Waals surface area contributed by atoms with Gasteiger partial charge in [0.2, 0.25) is 0 Å². The number of fused-ring (bicyclic) bond motifs is 3. The van der Waals surface area contributed by atoms with Crippen LogP contribution in [0.4, 0.5) is 0 Å². The summed E-state index contributed by atoms with van der Waals surface area (Å²) in [6.07, 6.45) is 0.293. The predicted octanol–water partition coefficient (Wildman–Crippen LogP) is 1.69. The molecule has 58 valence electrons. The zero-order valence-electron chi connectivity index (χ0n) is 6.16. The molecular weight excluding hydrogens is 151 g/mol. The van der Waals surface area contributed by atoms with Gasteiger partial charge in [0.1, 0.15) is 0 Å². The Bertz CT molecular complexity index is 142. The maximum Gasteiger partial charge on any atom is 0.332 e. The molecule has 0 amide bonds. The van der Waals surface area contributed by atoms with Crippen LogP contribution in [0.2, 0.25) is 0 Å². The molecule has 0 saturated carbocycles. The third-order valence-electron chi connectivity index (χ3n) is 2.23. The van der Waals surface area contributed by atoms with Crippen LogP contribution in [0.5, 0.6) is 0 Å². The number of hydrogen-bond acceptors (Lipinski definition) is 3. The lowest BCUT2D eigenvalue weighted by Gasteiger charge is -2.46. The van der Waals surface area contributed by atoms with E-state index in [9.17, 15) is 0 Å². The van der Waals surface area contributed by atoms with Crippen LogP contribution < -0.4 is 0 Å². The number of rotatable bonds is 0. The van der Waals surface area contributed by atoms with E-state index in [0.29, 0.717) is 6.10 Å². The maximum absolute atomic E-state index is 5.41. The first kappa shape index (κ1) is 6.99. The molecule has 3 heterocycles. The van der Waals surface area contributed by atoms with E-state index in [1.54, 1.807) is 0 Å². The normalized spacial score (nSPS) is 53.4. The van der Waals surface area contributed by atoms with Crippen LogP contribution in [0.15, 0.2) is 0 Å². The Labute approximate surface area is 61.7 Å². The van der Waals surface area contributed by atoms with Crippen molar-refractivity contribution in [2.75, 3.05) is 13.2 Å². The van der Waals surface area contributed by atoms with Crippen molar-refractivity contribution in [3.05, 3.63) is 0 Å². The van der Waals surface area contributed by atoms with E-state index < -0.39 is 8.60 Å². The van der Waals surface area contributed by atoms with Gasteiger partial charge >= 0.3 is 8.60 Å². The fraction of sp³-hybridized carbons (Fsp3) is 1.00. The van der Waals surface area contributed by atoms with E-state index in [1.165, 1.54) is 0 Å². The lowest BCUT2D eigenvalue weighted by molar-refractivity contribution is -0.104. The second kappa shape index (κ2) is 2.15. The van der Waals surface area contributed by atoms with Crippen LogP contribution in [0.1, 0.15) is 13.8 Å². The fourth-order valence-electron chi connectivity index (χ4n) is 1.03. The molecule has 3 aliphatic heterocycles. The minimum atomic E-state index is -0.975. The van der Waals surface area contributed by atoms with Crippen LogP contribution in [0, 0.1) is 5.41 Å². The van der Waals surface area contributed by atoms with Gasteiger partial charge in [-0.2, -0.15) is 0 Å². The molecule has 0 aliphatic carbocycles. The Morgan fingerprint density at radius 3 is 2.30 bits per heavy atom. The Morgan fingerprint density at radius 1 is 1.40 bits per heavy atom. The van der Waals surface area contributed by atoms with Crippen molar-refractivity contribution >= 4 is 8.60 Å². The molecular formula is C6H11O3P. The summed E-state index contributed by atoms with van der Waals surface area (Å²) in [6.45, 7) is 5.80. The fourth-order valence-corrected chi connectivity index (χ4v) is 2.54. The lowest BCUT2D eigenvalue weighted by Crippen LogP contribution is -2.46. The van der Waals surface area contributed by atoms with Crippen LogP contribution >= 0.6 is 8.60 Å². The van der Waals surface area contributed by atoms with Crippen molar-refractivity contribution in [1.82, 2.24) is 0 Å². The van der Waals surface area contributed by atoms with E-state index >= 15 is 0 Å². The van der Waals surface area contributed by atoms with Crippen LogP contribution in [-0.4, -0.2) is 19.3 Å². The average molecular weight is 162 g/mol. The van der Waals surface area contributed by atoms with E-state index in [1.807, 2.05) is 0 Å². The SMILES string of the molecule is CC1OP2OCC1(C)CO2. The van der Waals surface area contributed by atoms with Gasteiger partial charge in [-0.05, 0) is 6.92 Å². The third-order valence-corrected chi connectivity index (χ3v) is 3.39. The van der Waals surface area contributed by atoms with Crippen molar-refractivity contribution in [2.45, 2.75) is 20.0 Å². The van der Waals surface area contributed by atoms with E-state index in [4.69, 9.17) is 13.6 Å². The topological polar surface area (TPSA) is 27.7 Å². The summed E-state index contributed by atoms with van der Waals surface area (Å²) in [5.41, 5.74) is 0.0943. The standard InChI is InChI=1S/C6H11O3P/c1-5-6(2)3-7-10(9-5)8-4-6/h5H,3-4H2,1-2H3. The quantitative estimate of drug-likeness (QED) is 0.507. The first-order valence-electron chi connectivity index (χ1n) is 3.43. The highest BCUT2D eigenvalue weighted by molar-refractivity contribution is 7.41. The maximum atomic E-state index is 5.41. The summed E-state index contributed by atoms with van der Waals surface area (Å²) < 4.78 is 15.9. The van der Waals surface area contributed by atoms with Crippen LogP contribution in [-0.2, 0) is 13.6 Å². The Hall–Kier alpha value is 0.310. The van der Waals surface area contributed by atoms with Crippen molar-refractivity contribution < 1.29 is 13.6 Å². The average Bonchev–Trinajstić information content (AvgIpc) is 1.92. The minimum absolute atomic E-state index is 0.0943. The first-order chi connectivity index (χ1) is 4.71. The molecule has 2 bridgehead atoms. The molecule has 0 radical (unpaired) electrons. The molecule has 0 aromatic heterocycles. The summed E-state index contributed by atoms with van der Waals surface area (Å²) in [5.74, 6) is 0. The molecule has 3 fully saturated rings. The second-order valence-corrected chi connectivity index (χ2v) is 4.35. The highest BCUT2D eigenvalue weighted by Gasteiger charge is 2.46. The van der Waals surface area contributed by atoms with Crippen molar-refractivity contribution in [3.63, 3.8) is 0 Å². The van der Waals surface area contributed by atoms with Crippen molar-refractivity contribution in [1.29, 1.82) is 0 Å². The molecule has 4 heteroatoms. The summed E-state index contributed by atoms with van der Waals surface area (Å²) in [7, 11) is -0.975. The van der Waals surface area contributed by atoms with E-state index in [0.717, 1.165) is 13.2 Å². The van der Waals surface area contributed by atoms with Gasteiger partial charge in [-0.15, -0.1) is 0 Å². The zero-order valence-corrected chi connectivity index (χ0v) is 7.06. The molecule has 0 spiro atoms. The molecule has 0 N–H and O–H groups in total. The minimum Gasteiger partial charge on any atom is -0.311 e. The highest BCUT2D eigenvalue weighted by Crippen LogP contribution is 2.55. The van der Waals surface area contributed by atoms with Gasteiger partial charge in [0.15, 0.2) is 0 Å². The number of hydrogen-bond donors (Lipinski definition) is 0. The Morgan fingerprint density at radius 2 is 2.00 bits per heavy atom. The summed E-state index contributed by atoms with van der Waals surface area (Å²) >= 11 is 0. The van der Waals surface area contributed by atoms with Gasteiger partial charge in [0, 0.05) is 5.41 Å². The molecule has 0 aromatic carbocycles. The predicted molar refractivity (Wildman–Crippen MR) is 37.5 cm³/mol.